The molecule has 4 heteroatoms. The summed E-state index contributed by atoms with van der Waals surface area (Å²) in [6, 6.07) is 4.03. The first-order valence-electron chi connectivity index (χ1n) is 6.97. The standard InChI is InChI=1S/C15H22F2N2/c1-3-11-9-19(7-6-15(11)18)10(2)13-5-4-12(16)8-14(13)17/h4-5,8,10-11,15H,3,6-7,9,18H2,1-2H3. The van der Waals surface area contributed by atoms with E-state index in [0.29, 0.717) is 11.5 Å². The lowest BCUT2D eigenvalue weighted by molar-refractivity contribution is 0.112. The number of benzene rings is 1. The smallest absolute Gasteiger partial charge is 0.130 e. The minimum absolute atomic E-state index is 0.0397. The molecule has 0 saturated carbocycles. The Balaban J connectivity index is 2.13. The van der Waals surface area contributed by atoms with Crippen LogP contribution in [0.4, 0.5) is 8.78 Å². The SMILES string of the molecule is CCC1CN(C(C)c2ccc(F)cc2F)CCC1N. The third-order valence-electron chi connectivity index (χ3n) is 4.31. The molecular weight excluding hydrogens is 246 g/mol. The molecule has 2 rings (SSSR count). The predicted molar refractivity (Wildman–Crippen MR) is 72.7 cm³/mol. The number of piperidine rings is 1. The van der Waals surface area contributed by atoms with Crippen LogP contribution in [0.5, 0.6) is 0 Å². The van der Waals surface area contributed by atoms with Gasteiger partial charge in [-0.15, -0.1) is 0 Å². The normalized spacial score (nSPS) is 26.4. The van der Waals surface area contributed by atoms with Gasteiger partial charge < -0.3 is 5.73 Å². The largest absolute Gasteiger partial charge is 0.327 e. The van der Waals surface area contributed by atoms with Crippen LogP contribution >= 0.6 is 0 Å². The lowest BCUT2D eigenvalue weighted by Crippen LogP contribution is -2.47. The fourth-order valence-electron chi connectivity index (χ4n) is 2.90. The number of nitrogens with two attached hydrogens (primary N) is 1. The second kappa shape index (κ2) is 5.97. The summed E-state index contributed by atoms with van der Waals surface area (Å²) >= 11 is 0. The molecule has 1 saturated heterocycles. The summed E-state index contributed by atoms with van der Waals surface area (Å²) in [4.78, 5) is 2.24. The minimum Gasteiger partial charge on any atom is -0.327 e. The minimum atomic E-state index is -0.527. The first kappa shape index (κ1) is 14.4. The monoisotopic (exact) mass is 268 g/mol. The van der Waals surface area contributed by atoms with Crippen molar-refractivity contribution in [3.63, 3.8) is 0 Å². The van der Waals surface area contributed by atoms with Gasteiger partial charge in [0.05, 0.1) is 0 Å². The van der Waals surface area contributed by atoms with Gasteiger partial charge in [0.1, 0.15) is 11.6 Å². The van der Waals surface area contributed by atoms with E-state index in [1.54, 1.807) is 6.07 Å². The van der Waals surface area contributed by atoms with E-state index >= 15 is 0 Å². The highest BCUT2D eigenvalue weighted by Crippen LogP contribution is 2.29. The number of hydrogen-bond acceptors (Lipinski definition) is 2. The van der Waals surface area contributed by atoms with Crippen molar-refractivity contribution in [1.29, 1.82) is 0 Å². The molecule has 0 aliphatic carbocycles. The van der Waals surface area contributed by atoms with Crippen LogP contribution < -0.4 is 5.73 Å². The molecule has 2 N–H and O–H groups in total. The number of nitrogens with zero attached hydrogens (tertiary/aromatic N) is 1. The van der Waals surface area contributed by atoms with Crippen molar-refractivity contribution in [1.82, 2.24) is 4.90 Å². The van der Waals surface area contributed by atoms with Crippen molar-refractivity contribution in [3.8, 4) is 0 Å². The average molecular weight is 268 g/mol. The van der Waals surface area contributed by atoms with Crippen LogP contribution in [0.25, 0.3) is 0 Å². The molecule has 0 bridgehead atoms. The lowest BCUT2D eigenvalue weighted by Gasteiger charge is -2.40. The summed E-state index contributed by atoms with van der Waals surface area (Å²) < 4.78 is 26.8. The average Bonchev–Trinajstić information content (AvgIpc) is 2.38. The van der Waals surface area contributed by atoms with Gasteiger partial charge in [0, 0.05) is 36.8 Å². The number of hydrogen-bond donors (Lipinski definition) is 1. The molecule has 0 aromatic heterocycles. The van der Waals surface area contributed by atoms with Crippen LogP contribution in [-0.2, 0) is 0 Å². The number of likely N-dealkylation sites (tertiary alicyclic amines) is 1. The maximum Gasteiger partial charge on any atom is 0.130 e. The van der Waals surface area contributed by atoms with Crippen LogP contribution in [0.3, 0.4) is 0 Å². The maximum absolute atomic E-state index is 13.8. The Labute approximate surface area is 113 Å². The zero-order chi connectivity index (χ0) is 14.0. The molecule has 3 atom stereocenters. The van der Waals surface area contributed by atoms with Crippen LogP contribution in [0.2, 0.25) is 0 Å². The Morgan fingerprint density at radius 2 is 2.16 bits per heavy atom. The Morgan fingerprint density at radius 3 is 2.79 bits per heavy atom. The topological polar surface area (TPSA) is 29.3 Å². The summed E-state index contributed by atoms with van der Waals surface area (Å²) in [5.41, 5.74) is 6.65. The van der Waals surface area contributed by atoms with Crippen LogP contribution in [-0.4, -0.2) is 24.0 Å². The van der Waals surface area contributed by atoms with E-state index in [1.165, 1.54) is 6.07 Å². The first-order chi connectivity index (χ1) is 9.02. The second-order valence-corrected chi connectivity index (χ2v) is 5.46. The molecule has 1 aliphatic rings. The first-order valence-corrected chi connectivity index (χ1v) is 6.97. The Bertz CT molecular complexity index is 436. The fourth-order valence-corrected chi connectivity index (χ4v) is 2.90. The van der Waals surface area contributed by atoms with E-state index < -0.39 is 11.6 Å². The number of rotatable bonds is 3. The maximum atomic E-state index is 13.8. The third kappa shape index (κ3) is 3.12. The third-order valence-corrected chi connectivity index (χ3v) is 4.31. The van der Waals surface area contributed by atoms with Gasteiger partial charge in [0.25, 0.3) is 0 Å². The van der Waals surface area contributed by atoms with E-state index in [9.17, 15) is 8.78 Å². The van der Waals surface area contributed by atoms with E-state index in [2.05, 4.69) is 11.8 Å². The summed E-state index contributed by atoms with van der Waals surface area (Å²) in [6.07, 6.45) is 1.97. The molecule has 1 fully saturated rings. The van der Waals surface area contributed by atoms with Crippen LogP contribution in [0, 0.1) is 17.6 Å². The van der Waals surface area contributed by atoms with Gasteiger partial charge in [0.2, 0.25) is 0 Å². The van der Waals surface area contributed by atoms with Crippen molar-refractivity contribution in [3.05, 3.63) is 35.4 Å². The van der Waals surface area contributed by atoms with Gasteiger partial charge in [-0.3, -0.25) is 4.90 Å². The van der Waals surface area contributed by atoms with E-state index in [4.69, 9.17) is 5.73 Å². The highest BCUT2D eigenvalue weighted by atomic mass is 19.1. The molecule has 2 nitrogen and oxygen atoms in total. The number of halogens is 2. The van der Waals surface area contributed by atoms with Crippen molar-refractivity contribution in [2.75, 3.05) is 13.1 Å². The zero-order valence-corrected chi connectivity index (χ0v) is 11.6. The molecule has 1 aromatic carbocycles. The molecule has 1 aliphatic heterocycles. The van der Waals surface area contributed by atoms with Crippen LogP contribution in [0.1, 0.15) is 38.3 Å². The summed E-state index contributed by atoms with van der Waals surface area (Å²) in [5, 5.41) is 0. The molecule has 19 heavy (non-hydrogen) atoms. The Kier molecular flexibility index (Phi) is 4.53. The van der Waals surface area contributed by atoms with Crippen molar-refractivity contribution < 1.29 is 8.78 Å². The lowest BCUT2D eigenvalue weighted by atomic mass is 9.89. The Morgan fingerprint density at radius 1 is 1.42 bits per heavy atom. The van der Waals surface area contributed by atoms with Gasteiger partial charge >= 0.3 is 0 Å². The van der Waals surface area contributed by atoms with Crippen LogP contribution in [0.15, 0.2) is 18.2 Å². The van der Waals surface area contributed by atoms with E-state index in [-0.39, 0.29) is 12.1 Å². The van der Waals surface area contributed by atoms with Crippen molar-refractivity contribution in [2.45, 2.75) is 38.8 Å². The van der Waals surface area contributed by atoms with E-state index in [0.717, 1.165) is 32.0 Å². The molecule has 0 amide bonds. The molecule has 3 unspecified atom stereocenters. The quantitative estimate of drug-likeness (QED) is 0.912. The highest BCUT2D eigenvalue weighted by molar-refractivity contribution is 5.22. The molecule has 0 spiro atoms. The van der Waals surface area contributed by atoms with Gasteiger partial charge in [-0.2, -0.15) is 0 Å². The fraction of sp³-hybridized carbons (Fsp3) is 0.600. The van der Waals surface area contributed by atoms with Crippen molar-refractivity contribution in [2.24, 2.45) is 11.7 Å². The van der Waals surface area contributed by atoms with Gasteiger partial charge in [-0.1, -0.05) is 19.4 Å². The molecule has 1 heterocycles. The summed E-state index contributed by atoms with van der Waals surface area (Å²) in [7, 11) is 0. The Hall–Kier alpha value is -1.00. The highest BCUT2D eigenvalue weighted by Gasteiger charge is 2.29. The van der Waals surface area contributed by atoms with Gasteiger partial charge in [-0.25, -0.2) is 8.78 Å². The molecular formula is C15H22F2N2. The summed E-state index contributed by atoms with van der Waals surface area (Å²) in [6.45, 7) is 5.86. The molecule has 106 valence electrons. The summed E-state index contributed by atoms with van der Waals surface area (Å²) in [5.74, 6) is -0.532. The van der Waals surface area contributed by atoms with Gasteiger partial charge in [0.15, 0.2) is 0 Å². The second-order valence-electron chi connectivity index (χ2n) is 5.46. The molecule has 1 aromatic rings. The zero-order valence-electron chi connectivity index (χ0n) is 11.6. The van der Waals surface area contributed by atoms with Gasteiger partial charge in [-0.05, 0) is 25.3 Å². The van der Waals surface area contributed by atoms with E-state index in [1.807, 2.05) is 6.92 Å². The molecule has 0 radical (unpaired) electrons. The predicted octanol–water partition coefficient (Wildman–Crippen LogP) is 3.09. The van der Waals surface area contributed by atoms with Crippen molar-refractivity contribution >= 4 is 0 Å².